The Morgan fingerprint density at radius 2 is 1.27 bits per heavy atom. The second-order valence-corrected chi connectivity index (χ2v) is 12.7. The molecule has 10 heteroatoms. The molecule has 202 valence electrons. The summed E-state index contributed by atoms with van der Waals surface area (Å²) in [6, 6.07) is 8.43. The molecule has 1 fully saturated rings. The Balaban J connectivity index is 1.90. The molecule has 1 aliphatic carbocycles. The quantitative estimate of drug-likeness (QED) is 0.134. The van der Waals surface area contributed by atoms with Crippen molar-refractivity contribution >= 4 is 75.3 Å². The molecule has 1 saturated carbocycles. The third-order valence-electron chi connectivity index (χ3n) is 6.32. The van der Waals surface area contributed by atoms with Crippen LogP contribution in [0.2, 0.25) is 0 Å². The van der Waals surface area contributed by atoms with Gasteiger partial charge in [0.25, 0.3) is 0 Å². The van der Waals surface area contributed by atoms with Gasteiger partial charge >= 0.3 is 0 Å². The molecule has 37 heavy (non-hydrogen) atoms. The lowest BCUT2D eigenvalue weighted by atomic mass is 9.65. The highest BCUT2D eigenvalue weighted by Crippen LogP contribution is 2.50. The predicted octanol–water partition coefficient (Wildman–Crippen LogP) is 7.35. The first-order valence-corrected chi connectivity index (χ1v) is 15.6. The molecule has 0 bridgehead atoms. The Bertz CT molecular complexity index is 1050. The van der Waals surface area contributed by atoms with E-state index in [-0.39, 0.29) is 37.7 Å². The van der Waals surface area contributed by atoms with E-state index in [9.17, 15) is 10.2 Å². The largest absolute Gasteiger partial charge is 0.488 e. The minimum absolute atomic E-state index is 0.0754. The second kappa shape index (κ2) is 14.9. The van der Waals surface area contributed by atoms with Crippen molar-refractivity contribution in [2.75, 3.05) is 32.3 Å². The van der Waals surface area contributed by atoms with E-state index in [0.29, 0.717) is 11.5 Å². The first-order valence-electron chi connectivity index (χ1n) is 11.9. The number of alkyl halides is 1. The molecule has 0 heterocycles. The van der Waals surface area contributed by atoms with Crippen molar-refractivity contribution in [3.05, 3.63) is 53.3 Å². The van der Waals surface area contributed by atoms with E-state index in [0.717, 1.165) is 43.6 Å². The van der Waals surface area contributed by atoms with E-state index in [1.54, 1.807) is 0 Å². The molecule has 3 rings (SSSR count). The predicted molar refractivity (Wildman–Crippen MR) is 161 cm³/mol. The summed E-state index contributed by atoms with van der Waals surface area (Å²) in [7, 11) is 0. The van der Waals surface area contributed by atoms with Crippen LogP contribution in [0.15, 0.2) is 42.2 Å². The highest BCUT2D eigenvalue weighted by Gasteiger charge is 2.37. The number of hydrogen-bond acceptors (Lipinski definition) is 5. The molecule has 5 nitrogen and oxygen atoms in total. The molecule has 2 aromatic rings. The summed E-state index contributed by atoms with van der Waals surface area (Å²) in [5.74, 6) is 3.74. The number of aliphatic hydroxyl groups excluding tert-OH is 2. The molecule has 2 atom stereocenters. The van der Waals surface area contributed by atoms with Crippen LogP contribution in [-0.4, -0.2) is 54.7 Å². The molecule has 0 aliphatic heterocycles. The van der Waals surface area contributed by atoms with Gasteiger partial charge in [-0.15, -0.1) is 18.0 Å². The Morgan fingerprint density at radius 3 is 1.70 bits per heavy atom. The first-order chi connectivity index (χ1) is 17.7. The van der Waals surface area contributed by atoms with Crippen molar-refractivity contribution in [1.29, 1.82) is 0 Å². The van der Waals surface area contributed by atoms with Crippen LogP contribution in [0.3, 0.4) is 0 Å². The minimum Gasteiger partial charge on any atom is -0.488 e. The zero-order valence-electron chi connectivity index (χ0n) is 20.1. The van der Waals surface area contributed by atoms with Gasteiger partial charge in [-0.05, 0) is 112 Å². The average molecular weight is 789 g/mol. The van der Waals surface area contributed by atoms with Crippen LogP contribution in [0.1, 0.15) is 43.2 Å². The summed E-state index contributed by atoms with van der Waals surface area (Å²) >= 11 is 20.4. The molecular formula is C27H29Br4ClO5. The van der Waals surface area contributed by atoms with Gasteiger partial charge in [-0.25, -0.2) is 0 Å². The maximum atomic E-state index is 10.1. The summed E-state index contributed by atoms with van der Waals surface area (Å²) in [5, 5.41) is 19.9. The number of aliphatic hydroxyl groups is 2. The third kappa shape index (κ3) is 8.11. The molecule has 0 saturated heterocycles. The zero-order valence-corrected chi connectivity index (χ0v) is 27.2. The molecule has 2 N–H and O–H groups in total. The van der Waals surface area contributed by atoms with E-state index in [2.05, 4.69) is 93.9 Å². The normalized spacial score (nSPS) is 16.6. The van der Waals surface area contributed by atoms with E-state index >= 15 is 0 Å². The molecular weight excluding hydrogens is 759 g/mol. The number of rotatable bonds is 12. The van der Waals surface area contributed by atoms with Crippen molar-refractivity contribution in [2.45, 2.75) is 49.7 Å². The van der Waals surface area contributed by atoms with Gasteiger partial charge in [0, 0.05) is 5.41 Å². The van der Waals surface area contributed by atoms with Crippen molar-refractivity contribution < 1.29 is 24.4 Å². The minimum atomic E-state index is -0.794. The SMILES string of the molecule is C#CCOCC(O)COc1c(Br)cc(C2(c3cc(Br)c(OCC(O)CCl)c(Br)c3)CCCCC2)cc1Br. The molecule has 0 radical (unpaired) electrons. The number of benzene rings is 2. The van der Waals surface area contributed by atoms with Crippen molar-refractivity contribution in [3.63, 3.8) is 0 Å². The van der Waals surface area contributed by atoms with Crippen LogP contribution in [0.5, 0.6) is 11.5 Å². The molecule has 0 aromatic heterocycles. The van der Waals surface area contributed by atoms with Crippen molar-refractivity contribution in [2.24, 2.45) is 0 Å². The fraction of sp³-hybridized carbons (Fsp3) is 0.481. The Morgan fingerprint density at radius 1 is 0.811 bits per heavy atom. The van der Waals surface area contributed by atoms with Gasteiger partial charge in [0.2, 0.25) is 0 Å². The standard InChI is InChI=1S/C27H29Br4ClO5/c1-2-8-35-14-20(34)16-37-26-23(30)11-18(12-24(26)31)27(6-4-3-5-7-27)17-9-21(28)25(22(29)10-17)36-15-19(33)13-32/h1,9-12,19-20,33-34H,3-8,13-16H2. The Hall–Kier alpha value is -0.310. The first kappa shape index (κ1) is 31.2. The van der Waals surface area contributed by atoms with Crippen molar-refractivity contribution in [1.82, 2.24) is 0 Å². The number of halogens is 5. The third-order valence-corrected chi connectivity index (χ3v) is 9.04. The second-order valence-electron chi connectivity index (χ2n) is 8.98. The number of hydrogen-bond donors (Lipinski definition) is 2. The topological polar surface area (TPSA) is 68.2 Å². The van der Waals surface area contributed by atoms with Gasteiger partial charge in [0.05, 0.1) is 30.4 Å². The Kier molecular flexibility index (Phi) is 12.6. The van der Waals surface area contributed by atoms with E-state index in [1.807, 2.05) is 0 Å². The molecule has 2 unspecified atom stereocenters. The van der Waals surface area contributed by atoms with Crippen LogP contribution >= 0.6 is 75.3 Å². The zero-order chi connectivity index (χ0) is 27.0. The smallest absolute Gasteiger partial charge is 0.147 e. The van der Waals surface area contributed by atoms with E-state index in [1.165, 1.54) is 17.5 Å². The molecule has 0 spiro atoms. The maximum absolute atomic E-state index is 10.1. The highest BCUT2D eigenvalue weighted by atomic mass is 79.9. The molecule has 1 aliphatic rings. The van der Waals surface area contributed by atoms with Gasteiger partial charge < -0.3 is 24.4 Å². The van der Waals surface area contributed by atoms with Gasteiger partial charge in [-0.2, -0.15) is 0 Å². The fourth-order valence-electron chi connectivity index (χ4n) is 4.55. The van der Waals surface area contributed by atoms with Gasteiger partial charge in [0.1, 0.15) is 43.5 Å². The van der Waals surface area contributed by atoms with Gasteiger partial charge in [0.15, 0.2) is 0 Å². The summed E-state index contributed by atoms with van der Waals surface area (Å²) < 4.78 is 20.1. The molecule has 2 aromatic carbocycles. The summed E-state index contributed by atoms with van der Waals surface area (Å²) in [6.45, 7) is 0.439. The maximum Gasteiger partial charge on any atom is 0.147 e. The lowest BCUT2D eigenvalue weighted by Crippen LogP contribution is -2.31. The monoisotopic (exact) mass is 784 g/mol. The van der Waals surface area contributed by atoms with Gasteiger partial charge in [-0.1, -0.05) is 25.2 Å². The summed E-state index contributed by atoms with van der Waals surface area (Å²) in [4.78, 5) is 0. The van der Waals surface area contributed by atoms with E-state index < -0.39 is 12.2 Å². The van der Waals surface area contributed by atoms with Crippen LogP contribution in [-0.2, 0) is 10.2 Å². The number of ether oxygens (including phenoxy) is 3. The van der Waals surface area contributed by atoms with Crippen LogP contribution in [0, 0.1) is 12.3 Å². The van der Waals surface area contributed by atoms with Crippen LogP contribution < -0.4 is 9.47 Å². The van der Waals surface area contributed by atoms with Crippen LogP contribution in [0.25, 0.3) is 0 Å². The van der Waals surface area contributed by atoms with Crippen LogP contribution in [0.4, 0.5) is 0 Å². The van der Waals surface area contributed by atoms with Crippen molar-refractivity contribution in [3.8, 4) is 23.8 Å². The summed E-state index contributed by atoms with van der Waals surface area (Å²) in [5.41, 5.74) is 2.13. The van der Waals surface area contributed by atoms with E-state index in [4.69, 9.17) is 32.2 Å². The number of terminal acetylenes is 1. The molecule has 0 amide bonds. The lowest BCUT2D eigenvalue weighted by Gasteiger charge is -2.39. The summed E-state index contributed by atoms with van der Waals surface area (Å²) in [6.07, 6.45) is 9.08. The Labute approximate surface area is 257 Å². The average Bonchev–Trinajstić information content (AvgIpc) is 2.87. The fourth-order valence-corrected chi connectivity index (χ4v) is 7.47. The lowest BCUT2D eigenvalue weighted by molar-refractivity contribution is 0.0225. The van der Waals surface area contributed by atoms with Gasteiger partial charge in [-0.3, -0.25) is 0 Å². The highest BCUT2D eigenvalue weighted by molar-refractivity contribution is 9.11.